The standard InChI is InChI=1S/C42H62S/c1-31(17-19-39-37(7)15-13-23-41(39,9)10)27-35(5)29-33(3)21-25-43-26-22-34(4)30-36(6)28-32(2)18-20-40-38(8)16-14-24-42(40,11)12/h17-22,27-30H,13-16,23-26H2,1-12H3. The fourth-order valence-electron chi connectivity index (χ4n) is 6.63. The first-order valence-corrected chi connectivity index (χ1v) is 17.7. The van der Waals surface area contributed by atoms with Crippen molar-refractivity contribution in [3.63, 3.8) is 0 Å². The molecule has 1 heteroatoms. The zero-order valence-corrected chi connectivity index (χ0v) is 30.7. The molecular weight excluding hydrogens is 537 g/mol. The molecule has 0 aliphatic heterocycles. The number of hydrogen-bond acceptors (Lipinski definition) is 1. The maximum absolute atomic E-state index is 2.39. The SMILES string of the molecule is CC(=CCSCC=C(C)C=C(C)C=C(C)C=CC1=C(C)CCCC1(C)C)C=C(C)C=C(C)C=CC1=C(C)CCCC1(C)C. The largest absolute Gasteiger partial charge is 0.154 e. The lowest BCUT2D eigenvalue weighted by Gasteiger charge is -2.33. The van der Waals surface area contributed by atoms with E-state index in [1.165, 1.54) is 83.1 Å². The maximum atomic E-state index is 2.39. The minimum atomic E-state index is 0.292. The summed E-state index contributed by atoms with van der Waals surface area (Å²) in [6, 6.07) is 0. The summed E-state index contributed by atoms with van der Waals surface area (Å²) >= 11 is 1.96. The molecule has 0 aromatic carbocycles. The smallest absolute Gasteiger partial charge is 0.0122 e. The van der Waals surface area contributed by atoms with E-state index in [0.717, 1.165) is 11.5 Å². The molecule has 0 fully saturated rings. The molecule has 43 heavy (non-hydrogen) atoms. The molecule has 2 aliphatic carbocycles. The van der Waals surface area contributed by atoms with E-state index in [0.29, 0.717) is 10.8 Å². The van der Waals surface area contributed by atoms with Gasteiger partial charge in [0.05, 0.1) is 0 Å². The van der Waals surface area contributed by atoms with Crippen LogP contribution in [0.15, 0.2) is 116 Å². The van der Waals surface area contributed by atoms with Crippen LogP contribution >= 0.6 is 11.8 Å². The molecule has 0 saturated carbocycles. The molecule has 2 rings (SSSR count). The quantitative estimate of drug-likeness (QED) is 0.159. The van der Waals surface area contributed by atoms with Crippen LogP contribution in [-0.2, 0) is 0 Å². The highest BCUT2D eigenvalue weighted by Gasteiger charge is 2.27. The van der Waals surface area contributed by atoms with Crippen LogP contribution in [0.3, 0.4) is 0 Å². The molecule has 236 valence electrons. The minimum Gasteiger partial charge on any atom is -0.154 e. The second kappa shape index (κ2) is 17.3. The first kappa shape index (κ1) is 36.9. The van der Waals surface area contributed by atoms with Crippen molar-refractivity contribution in [2.75, 3.05) is 11.5 Å². The summed E-state index contributed by atoms with van der Waals surface area (Å²) in [5, 5.41) is 0. The van der Waals surface area contributed by atoms with Crippen LogP contribution in [0, 0.1) is 10.8 Å². The van der Waals surface area contributed by atoms with Gasteiger partial charge in [-0.1, -0.05) is 133 Å². The van der Waals surface area contributed by atoms with Gasteiger partial charge in [0.1, 0.15) is 0 Å². The highest BCUT2D eigenvalue weighted by Crippen LogP contribution is 2.41. The van der Waals surface area contributed by atoms with Crippen molar-refractivity contribution in [2.45, 2.75) is 122 Å². The summed E-state index contributed by atoms with van der Waals surface area (Å²) < 4.78 is 0. The van der Waals surface area contributed by atoms with Gasteiger partial charge in [0.15, 0.2) is 0 Å². The molecule has 0 aromatic heterocycles. The Bertz CT molecular complexity index is 1180. The van der Waals surface area contributed by atoms with Gasteiger partial charge < -0.3 is 0 Å². The van der Waals surface area contributed by atoms with Crippen LogP contribution in [-0.4, -0.2) is 11.5 Å². The number of rotatable bonds is 12. The van der Waals surface area contributed by atoms with E-state index in [2.05, 4.69) is 144 Å². The highest BCUT2D eigenvalue weighted by molar-refractivity contribution is 7.99. The van der Waals surface area contributed by atoms with Crippen LogP contribution in [0.2, 0.25) is 0 Å². The summed E-state index contributed by atoms with van der Waals surface area (Å²) in [6.07, 6.45) is 30.9. The number of hydrogen-bond donors (Lipinski definition) is 0. The van der Waals surface area contributed by atoms with Crippen molar-refractivity contribution < 1.29 is 0 Å². The third-order valence-corrected chi connectivity index (χ3v) is 9.78. The molecule has 0 amide bonds. The monoisotopic (exact) mass is 598 g/mol. The second-order valence-corrected chi connectivity index (χ2v) is 15.6. The first-order valence-electron chi connectivity index (χ1n) is 16.5. The summed E-state index contributed by atoms with van der Waals surface area (Å²) in [5.74, 6) is 2.06. The van der Waals surface area contributed by atoms with Gasteiger partial charge in [-0.3, -0.25) is 0 Å². The van der Waals surface area contributed by atoms with Crippen molar-refractivity contribution in [1.29, 1.82) is 0 Å². The van der Waals surface area contributed by atoms with Crippen LogP contribution in [0.25, 0.3) is 0 Å². The van der Waals surface area contributed by atoms with Crippen molar-refractivity contribution in [1.82, 2.24) is 0 Å². The van der Waals surface area contributed by atoms with E-state index in [9.17, 15) is 0 Å². The molecule has 0 radical (unpaired) electrons. The molecule has 0 bridgehead atoms. The van der Waals surface area contributed by atoms with Gasteiger partial charge in [0.25, 0.3) is 0 Å². The fourth-order valence-corrected chi connectivity index (χ4v) is 7.53. The third-order valence-electron chi connectivity index (χ3n) is 8.98. The van der Waals surface area contributed by atoms with Crippen LogP contribution in [0.1, 0.15) is 122 Å². The highest BCUT2D eigenvalue weighted by atomic mass is 32.2. The van der Waals surface area contributed by atoms with Crippen LogP contribution < -0.4 is 0 Å². The lowest BCUT2D eigenvalue weighted by atomic mass is 9.72. The van der Waals surface area contributed by atoms with Gasteiger partial charge in [-0.15, -0.1) is 0 Å². The topological polar surface area (TPSA) is 0 Å². The Hall–Kier alpha value is -2.25. The summed E-state index contributed by atoms with van der Waals surface area (Å²) in [4.78, 5) is 0. The second-order valence-electron chi connectivity index (χ2n) is 14.5. The Kier molecular flexibility index (Phi) is 14.9. The average Bonchev–Trinajstić information content (AvgIpc) is 2.86. The molecule has 0 nitrogen and oxygen atoms in total. The lowest BCUT2D eigenvalue weighted by molar-refractivity contribution is 0.376. The van der Waals surface area contributed by atoms with E-state index < -0.39 is 0 Å². The Morgan fingerprint density at radius 1 is 0.558 bits per heavy atom. The zero-order chi connectivity index (χ0) is 32.2. The van der Waals surface area contributed by atoms with Gasteiger partial charge in [-0.2, -0.15) is 11.8 Å². The molecule has 0 spiro atoms. The minimum absolute atomic E-state index is 0.292. The van der Waals surface area contributed by atoms with E-state index in [4.69, 9.17) is 0 Å². The predicted molar refractivity (Wildman–Crippen MR) is 199 cm³/mol. The third kappa shape index (κ3) is 13.1. The molecule has 0 atom stereocenters. The fraction of sp³-hybridized carbons (Fsp3) is 0.524. The van der Waals surface area contributed by atoms with Crippen molar-refractivity contribution >= 4 is 11.8 Å². The van der Waals surface area contributed by atoms with Gasteiger partial charge in [0, 0.05) is 11.5 Å². The maximum Gasteiger partial charge on any atom is 0.0122 e. The van der Waals surface area contributed by atoms with Crippen molar-refractivity contribution in [3.05, 3.63) is 116 Å². The molecule has 0 aromatic rings. The van der Waals surface area contributed by atoms with E-state index in [1.54, 1.807) is 11.1 Å². The van der Waals surface area contributed by atoms with Gasteiger partial charge in [-0.25, -0.2) is 0 Å². The van der Waals surface area contributed by atoms with E-state index >= 15 is 0 Å². The summed E-state index contributed by atoms with van der Waals surface area (Å²) in [5.41, 5.74) is 14.6. The molecule has 0 unspecified atom stereocenters. The van der Waals surface area contributed by atoms with Crippen LogP contribution in [0.5, 0.6) is 0 Å². The molecule has 0 saturated heterocycles. The number of thioether (sulfide) groups is 1. The molecule has 2 aliphatic rings. The number of allylic oxidation sites excluding steroid dienone is 18. The van der Waals surface area contributed by atoms with Crippen molar-refractivity contribution in [2.24, 2.45) is 10.8 Å². The predicted octanol–water partition coefficient (Wildman–Crippen LogP) is 13.6. The Balaban J connectivity index is 1.87. The lowest BCUT2D eigenvalue weighted by Crippen LogP contribution is -2.19. The van der Waals surface area contributed by atoms with Gasteiger partial charge in [0.2, 0.25) is 0 Å². The zero-order valence-electron chi connectivity index (χ0n) is 29.8. The van der Waals surface area contributed by atoms with Crippen LogP contribution in [0.4, 0.5) is 0 Å². The Morgan fingerprint density at radius 2 is 0.907 bits per heavy atom. The average molecular weight is 599 g/mol. The first-order chi connectivity index (χ1) is 20.1. The van der Waals surface area contributed by atoms with Gasteiger partial charge in [-0.05, 0) is 116 Å². The Morgan fingerprint density at radius 3 is 1.26 bits per heavy atom. The Labute approximate surface area is 271 Å². The van der Waals surface area contributed by atoms with E-state index in [1.807, 2.05) is 11.8 Å². The normalized spacial score (nSPS) is 21.6. The van der Waals surface area contributed by atoms with Crippen molar-refractivity contribution in [3.8, 4) is 0 Å². The van der Waals surface area contributed by atoms with Gasteiger partial charge >= 0.3 is 0 Å². The molecule has 0 heterocycles. The summed E-state index contributed by atoms with van der Waals surface area (Å²) in [7, 11) is 0. The summed E-state index contributed by atoms with van der Waals surface area (Å²) in [6.45, 7) is 27.4. The molecule has 0 N–H and O–H groups in total. The molecular formula is C42H62S. The van der Waals surface area contributed by atoms with E-state index in [-0.39, 0.29) is 0 Å².